The Hall–Kier alpha value is -1.56. The highest BCUT2D eigenvalue weighted by Crippen LogP contribution is 2.33. The normalized spacial score (nSPS) is 19.9. The molecule has 1 aliphatic heterocycles. The van der Waals surface area contributed by atoms with Gasteiger partial charge in [-0.1, -0.05) is 6.92 Å². The van der Waals surface area contributed by atoms with Crippen molar-refractivity contribution in [1.82, 2.24) is 9.97 Å². The van der Waals surface area contributed by atoms with Crippen molar-refractivity contribution in [2.45, 2.75) is 13.3 Å². The largest absolute Gasteiger partial charge is 0.490 e. The summed E-state index contributed by atoms with van der Waals surface area (Å²) in [6.07, 6.45) is 2.68. The molecule has 16 heavy (non-hydrogen) atoms. The standard InChI is InChI=1S/C10H17N5O/c1-7-3-4-15(5-7)10-8(16-2)9(14-11)12-6-13-10/h6-7H,3-5,11H2,1-2H3,(H,12,13,14). The SMILES string of the molecule is COc1c(NN)ncnc1N1CCC(C)C1. The van der Waals surface area contributed by atoms with Crippen LogP contribution in [0.5, 0.6) is 5.75 Å². The van der Waals surface area contributed by atoms with E-state index in [0.717, 1.165) is 18.9 Å². The van der Waals surface area contributed by atoms with Gasteiger partial charge in [0.05, 0.1) is 7.11 Å². The van der Waals surface area contributed by atoms with E-state index < -0.39 is 0 Å². The topological polar surface area (TPSA) is 76.3 Å². The number of aromatic nitrogens is 2. The Balaban J connectivity index is 2.32. The van der Waals surface area contributed by atoms with E-state index in [1.807, 2.05) is 0 Å². The highest BCUT2D eigenvalue weighted by atomic mass is 16.5. The van der Waals surface area contributed by atoms with Gasteiger partial charge < -0.3 is 15.1 Å². The molecule has 0 radical (unpaired) electrons. The fraction of sp³-hybridized carbons (Fsp3) is 0.600. The minimum atomic E-state index is 0.520. The number of ether oxygens (including phenoxy) is 1. The molecular formula is C10H17N5O. The lowest BCUT2D eigenvalue weighted by Crippen LogP contribution is -2.22. The Morgan fingerprint density at radius 1 is 1.56 bits per heavy atom. The number of nitrogens with one attached hydrogen (secondary N) is 1. The van der Waals surface area contributed by atoms with Gasteiger partial charge in [0, 0.05) is 13.1 Å². The molecule has 3 N–H and O–H groups in total. The predicted molar refractivity (Wildman–Crippen MR) is 62.4 cm³/mol. The van der Waals surface area contributed by atoms with Crippen LogP contribution in [0, 0.1) is 5.92 Å². The van der Waals surface area contributed by atoms with Crippen molar-refractivity contribution in [3.05, 3.63) is 6.33 Å². The van der Waals surface area contributed by atoms with E-state index in [1.165, 1.54) is 12.7 Å². The molecule has 1 aromatic heterocycles. The average molecular weight is 223 g/mol. The van der Waals surface area contributed by atoms with Gasteiger partial charge in [-0.25, -0.2) is 15.8 Å². The summed E-state index contributed by atoms with van der Waals surface area (Å²) in [5, 5.41) is 0. The van der Waals surface area contributed by atoms with Gasteiger partial charge in [-0.3, -0.25) is 0 Å². The number of hydrazine groups is 1. The monoisotopic (exact) mass is 223 g/mol. The lowest BCUT2D eigenvalue weighted by molar-refractivity contribution is 0.412. The molecule has 0 bridgehead atoms. The van der Waals surface area contributed by atoms with E-state index in [1.54, 1.807) is 7.11 Å². The first kappa shape index (κ1) is 10.9. The van der Waals surface area contributed by atoms with E-state index >= 15 is 0 Å². The van der Waals surface area contributed by atoms with Crippen LogP contribution in [0.25, 0.3) is 0 Å². The Morgan fingerprint density at radius 2 is 2.38 bits per heavy atom. The summed E-state index contributed by atoms with van der Waals surface area (Å²) < 4.78 is 5.31. The third-order valence-electron chi connectivity index (χ3n) is 2.85. The summed E-state index contributed by atoms with van der Waals surface area (Å²) in [5.74, 6) is 8.02. The second-order valence-electron chi connectivity index (χ2n) is 4.06. The van der Waals surface area contributed by atoms with Gasteiger partial charge in [0.25, 0.3) is 0 Å². The molecule has 6 nitrogen and oxygen atoms in total. The van der Waals surface area contributed by atoms with Crippen LogP contribution in [0.3, 0.4) is 0 Å². The summed E-state index contributed by atoms with van der Waals surface area (Å²) in [7, 11) is 1.60. The molecule has 1 unspecified atom stereocenters. The van der Waals surface area contributed by atoms with E-state index in [0.29, 0.717) is 17.5 Å². The molecule has 0 spiro atoms. The van der Waals surface area contributed by atoms with Gasteiger partial charge >= 0.3 is 0 Å². The van der Waals surface area contributed by atoms with Crippen LogP contribution in [0.2, 0.25) is 0 Å². The number of hydrogen-bond donors (Lipinski definition) is 2. The van der Waals surface area contributed by atoms with Gasteiger partial charge in [0.2, 0.25) is 5.75 Å². The van der Waals surface area contributed by atoms with E-state index in [4.69, 9.17) is 10.6 Å². The number of hydrogen-bond acceptors (Lipinski definition) is 6. The number of methoxy groups -OCH3 is 1. The first-order valence-electron chi connectivity index (χ1n) is 5.36. The van der Waals surface area contributed by atoms with Crippen molar-refractivity contribution in [2.75, 3.05) is 30.5 Å². The number of rotatable bonds is 3. The van der Waals surface area contributed by atoms with Gasteiger partial charge in [0.15, 0.2) is 11.6 Å². The second-order valence-corrected chi connectivity index (χ2v) is 4.06. The van der Waals surface area contributed by atoms with Gasteiger partial charge in [0.1, 0.15) is 6.33 Å². The predicted octanol–water partition coefficient (Wildman–Crippen LogP) is 0.617. The first-order valence-corrected chi connectivity index (χ1v) is 5.36. The molecule has 6 heteroatoms. The van der Waals surface area contributed by atoms with Gasteiger partial charge in [-0.05, 0) is 12.3 Å². The number of nitrogen functional groups attached to an aromatic ring is 1. The van der Waals surface area contributed by atoms with Crippen molar-refractivity contribution >= 4 is 11.6 Å². The van der Waals surface area contributed by atoms with E-state index in [2.05, 4.69) is 27.2 Å². The lowest BCUT2D eigenvalue weighted by atomic mass is 10.2. The second kappa shape index (κ2) is 4.52. The zero-order valence-corrected chi connectivity index (χ0v) is 9.60. The molecule has 1 atom stereocenters. The quantitative estimate of drug-likeness (QED) is 0.578. The maximum absolute atomic E-state index is 5.38. The lowest BCUT2D eigenvalue weighted by Gasteiger charge is -2.20. The molecule has 1 aromatic rings. The molecule has 1 aliphatic rings. The molecule has 1 fully saturated rings. The zero-order chi connectivity index (χ0) is 11.5. The Bertz CT molecular complexity index is 370. The fourth-order valence-corrected chi connectivity index (χ4v) is 2.01. The van der Waals surface area contributed by atoms with Crippen molar-refractivity contribution in [2.24, 2.45) is 11.8 Å². The van der Waals surface area contributed by atoms with Crippen LogP contribution in [-0.4, -0.2) is 30.2 Å². The summed E-state index contributed by atoms with van der Waals surface area (Å²) in [6.45, 7) is 4.23. The van der Waals surface area contributed by atoms with Crippen LogP contribution in [-0.2, 0) is 0 Å². The maximum atomic E-state index is 5.38. The molecule has 88 valence electrons. The van der Waals surface area contributed by atoms with Crippen LogP contribution in [0.4, 0.5) is 11.6 Å². The maximum Gasteiger partial charge on any atom is 0.205 e. The van der Waals surface area contributed by atoms with E-state index in [-0.39, 0.29) is 0 Å². The average Bonchev–Trinajstić information content (AvgIpc) is 2.74. The van der Waals surface area contributed by atoms with E-state index in [9.17, 15) is 0 Å². The van der Waals surface area contributed by atoms with Crippen molar-refractivity contribution < 1.29 is 4.74 Å². The zero-order valence-electron chi connectivity index (χ0n) is 9.60. The summed E-state index contributed by atoms with van der Waals surface area (Å²) in [6, 6.07) is 0. The Labute approximate surface area is 94.8 Å². The first-order chi connectivity index (χ1) is 7.76. The molecule has 0 saturated carbocycles. The molecule has 0 amide bonds. The number of nitrogens with zero attached hydrogens (tertiary/aromatic N) is 3. The van der Waals surface area contributed by atoms with Crippen molar-refractivity contribution in [3.8, 4) is 5.75 Å². The smallest absolute Gasteiger partial charge is 0.205 e. The molecule has 2 rings (SSSR count). The third kappa shape index (κ3) is 1.88. The van der Waals surface area contributed by atoms with Crippen LogP contribution >= 0.6 is 0 Å². The fourth-order valence-electron chi connectivity index (χ4n) is 2.01. The minimum absolute atomic E-state index is 0.520. The third-order valence-corrected chi connectivity index (χ3v) is 2.85. The van der Waals surface area contributed by atoms with Gasteiger partial charge in [-0.15, -0.1) is 0 Å². The number of nitrogens with two attached hydrogens (primary N) is 1. The summed E-state index contributed by atoms with van der Waals surface area (Å²) in [5.41, 5.74) is 2.52. The highest BCUT2D eigenvalue weighted by Gasteiger charge is 2.24. The van der Waals surface area contributed by atoms with Crippen molar-refractivity contribution in [1.29, 1.82) is 0 Å². The highest BCUT2D eigenvalue weighted by molar-refractivity contribution is 5.64. The van der Waals surface area contributed by atoms with Gasteiger partial charge in [-0.2, -0.15) is 0 Å². The van der Waals surface area contributed by atoms with Crippen LogP contribution in [0.15, 0.2) is 6.33 Å². The van der Waals surface area contributed by atoms with Crippen LogP contribution < -0.4 is 20.9 Å². The molecule has 0 aliphatic carbocycles. The molecule has 0 aromatic carbocycles. The summed E-state index contributed by atoms with van der Waals surface area (Å²) >= 11 is 0. The molecular weight excluding hydrogens is 206 g/mol. The summed E-state index contributed by atoms with van der Waals surface area (Å²) in [4.78, 5) is 10.5. The van der Waals surface area contributed by atoms with Crippen molar-refractivity contribution in [3.63, 3.8) is 0 Å². The Morgan fingerprint density at radius 3 is 2.94 bits per heavy atom. The minimum Gasteiger partial charge on any atom is -0.490 e. The number of anilines is 2. The molecule has 2 heterocycles. The van der Waals surface area contributed by atoms with Crippen LogP contribution in [0.1, 0.15) is 13.3 Å². The Kier molecular flexibility index (Phi) is 3.09. The molecule has 1 saturated heterocycles.